The van der Waals surface area contributed by atoms with Crippen molar-refractivity contribution in [3.63, 3.8) is 0 Å². The minimum absolute atomic E-state index is 0.0343. The van der Waals surface area contributed by atoms with E-state index in [-0.39, 0.29) is 12.1 Å². The summed E-state index contributed by atoms with van der Waals surface area (Å²) >= 11 is 0. The molecule has 0 saturated carbocycles. The van der Waals surface area contributed by atoms with Crippen LogP contribution in [0.25, 0.3) is 11.0 Å². The van der Waals surface area contributed by atoms with Crippen molar-refractivity contribution in [1.29, 1.82) is 0 Å². The highest BCUT2D eigenvalue weighted by molar-refractivity contribution is 5.78. The molecule has 0 atom stereocenters. The smallest absolute Gasteiger partial charge is 0.163 e. The standard InChI is InChI=1S/C14H10F3N3/c1-8-11-5-10(15)6-18-14(11)20(19-8)7-9-3-2-4-12(16)13(9)17/h2-6H,7H2,1H3. The second-order valence-corrected chi connectivity index (χ2v) is 4.48. The molecule has 0 unspecified atom stereocenters. The van der Waals surface area contributed by atoms with Crippen LogP contribution in [0.1, 0.15) is 11.3 Å². The maximum atomic E-state index is 13.7. The first-order valence-corrected chi connectivity index (χ1v) is 5.98. The van der Waals surface area contributed by atoms with Crippen LogP contribution in [0, 0.1) is 24.4 Å². The van der Waals surface area contributed by atoms with Crippen molar-refractivity contribution in [2.45, 2.75) is 13.5 Å². The quantitative estimate of drug-likeness (QED) is 0.720. The molecule has 102 valence electrons. The van der Waals surface area contributed by atoms with Crippen LogP contribution in [-0.2, 0) is 6.54 Å². The second kappa shape index (κ2) is 4.63. The van der Waals surface area contributed by atoms with E-state index in [1.165, 1.54) is 22.9 Å². The number of aromatic nitrogens is 3. The molecule has 0 N–H and O–H groups in total. The molecule has 0 saturated heterocycles. The summed E-state index contributed by atoms with van der Waals surface area (Å²) in [6.07, 6.45) is 1.07. The molecular weight excluding hydrogens is 267 g/mol. The summed E-state index contributed by atoms with van der Waals surface area (Å²) in [5.74, 6) is -2.28. The first-order chi connectivity index (χ1) is 9.56. The van der Waals surface area contributed by atoms with Crippen LogP contribution in [0.5, 0.6) is 0 Å². The highest BCUT2D eigenvalue weighted by Crippen LogP contribution is 2.19. The first-order valence-electron chi connectivity index (χ1n) is 5.98. The number of nitrogens with zero attached hydrogens (tertiary/aromatic N) is 3. The molecule has 3 nitrogen and oxygen atoms in total. The van der Waals surface area contributed by atoms with E-state index in [4.69, 9.17) is 0 Å². The minimum atomic E-state index is -0.908. The molecule has 1 aromatic carbocycles. The Kier molecular flexibility index (Phi) is 2.93. The zero-order valence-corrected chi connectivity index (χ0v) is 10.6. The lowest BCUT2D eigenvalue weighted by Crippen LogP contribution is -2.05. The average molecular weight is 277 g/mol. The number of aryl methyl sites for hydroxylation is 1. The summed E-state index contributed by atoms with van der Waals surface area (Å²) in [6, 6.07) is 5.28. The Balaban J connectivity index is 2.09. The van der Waals surface area contributed by atoms with Gasteiger partial charge in [0, 0.05) is 10.9 Å². The molecule has 2 aromatic heterocycles. The van der Waals surface area contributed by atoms with Crippen LogP contribution in [0.3, 0.4) is 0 Å². The van der Waals surface area contributed by atoms with Gasteiger partial charge < -0.3 is 0 Å². The molecule has 0 bridgehead atoms. The summed E-state index contributed by atoms with van der Waals surface area (Å²) in [4.78, 5) is 3.96. The highest BCUT2D eigenvalue weighted by atomic mass is 19.2. The second-order valence-electron chi connectivity index (χ2n) is 4.48. The van der Waals surface area contributed by atoms with Crippen molar-refractivity contribution in [2.24, 2.45) is 0 Å². The molecular formula is C14H10F3N3. The fourth-order valence-electron chi connectivity index (χ4n) is 2.13. The van der Waals surface area contributed by atoms with Crippen LogP contribution in [0.2, 0.25) is 0 Å². The van der Waals surface area contributed by atoms with Gasteiger partial charge in [-0.1, -0.05) is 12.1 Å². The van der Waals surface area contributed by atoms with Crippen molar-refractivity contribution >= 4 is 11.0 Å². The van der Waals surface area contributed by atoms with Crippen LogP contribution >= 0.6 is 0 Å². The largest absolute Gasteiger partial charge is 0.242 e. The molecule has 0 aliphatic carbocycles. The Morgan fingerprint density at radius 1 is 1.20 bits per heavy atom. The van der Waals surface area contributed by atoms with E-state index >= 15 is 0 Å². The lowest BCUT2D eigenvalue weighted by Gasteiger charge is -2.05. The molecule has 6 heteroatoms. The Morgan fingerprint density at radius 3 is 2.80 bits per heavy atom. The summed E-state index contributed by atoms with van der Waals surface area (Å²) < 4.78 is 41.4. The van der Waals surface area contributed by atoms with Crippen molar-refractivity contribution in [3.8, 4) is 0 Å². The molecule has 3 rings (SSSR count). The van der Waals surface area contributed by atoms with Gasteiger partial charge in [0.05, 0.1) is 18.4 Å². The van der Waals surface area contributed by atoms with Gasteiger partial charge in [0.15, 0.2) is 17.3 Å². The van der Waals surface area contributed by atoms with E-state index in [1.807, 2.05) is 0 Å². The van der Waals surface area contributed by atoms with Crippen LogP contribution < -0.4 is 0 Å². The molecule has 0 aliphatic rings. The Bertz CT molecular complexity index is 796. The van der Waals surface area contributed by atoms with Gasteiger partial charge >= 0.3 is 0 Å². The fourth-order valence-corrected chi connectivity index (χ4v) is 2.13. The number of halogens is 3. The Labute approximate surface area is 112 Å². The third kappa shape index (κ3) is 2.03. The molecule has 0 amide bonds. The predicted molar refractivity (Wildman–Crippen MR) is 67.7 cm³/mol. The van der Waals surface area contributed by atoms with Crippen molar-refractivity contribution in [2.75, 3.05) is 0 Å². The molecule has 0 aliphatic heterocycles. The van der Waals surface area contributed by atoms with Crippen LogP contribution in [0.4, 0.5) is 13.2 Å². The van der Waals surface area contributed by atoms with E-state index in [1.54, 1.807) is 6.92 Å². The maximum Gasteiger partial charge on any atom is 0.163 e. The van der Waals surface area contributed by atoms with Crippen LogP contribution in [-0.4, -0.2) is 14.8 Å². The lowest BCUT2D eigenvalue weighted by molar-refractivity contribution is 0.492. The van der Waals surface area contributed by atoms with Gasteiger partial charge in [0.2, 0.25) is 0 Å². The number of pyridine rings is 1. The number of fused-ring (bicyclic) bond motifs is 1. The normalized spacial score (nSPS) is 11.2. The highest BCUT2D eigenvalue weighted by Gasteiger charge is 2.13. The predicted octanol–water partition coefficient (Wildman–Crippen LogP) is 3.21. The lowest BCUT2D eigenvalue weighted by atomic mass is 10.2. The van der Waals surface area contributed by atoms with Gasteiger partial charge in [-0.2, -0.15) is 5.10 Å². The van der Waals surface area contributed by atoms with E-state index < -0.39 is 17.5 Å². The topological polar surface area (TPSA) is 30.7 Å². The van der Waals surface area contributed by atoms with E-state index in [0.717, 1.165) is 12.3 Å². The summed E-state index contributed by atoms with van der Waals surface area (Å²) in [5, 5.41) is 4.75. The molecule has 0 radical (unpaired) electrons. The maximum absolute atomic E-state index is 13.7. The Hall–Kier alpha value is -2.37. The molecule has 0 spiro atoms. The fraction of sp³-hybridized carbons (Fsp3) is 0.143. The van der Waals surface area contributed by atoms with Gasteiger partial charge in [-0.25, -0.2) is 22.8 Å². The monoisotopic (exact) mass is 277 g/mol. The van der Waals surface area contributed by atoms with Gasteiger partial charge in [-0.15, -0.1) is 0 Å². The van der Waals surface area contributed by atoms with E-state index in [9.17, 15) is 13.2 Å². The van der Waals surface area contributed by atoms with Gasteiger partial charge in [0.25, 0.3) is 0 Å². The van der Waals surface area contributed by atoms with Crippen molar-refractivity contribution in [3.05, 3.63) is 59.2 Å². The van der Waals surface area contributed by atoms with Crippen molar-refractivity contribution in [1.82, 2.24) is 14.8 Å². The number of hydrogen-bond donors (Lipinski definition) is 0. The van der Waals surface area contributed by atoms with Crippen LogP contribution in [0.15, 0.2) is 30.5 Å². The molecule has 2 heterocycles. The number of hydrogen-bond acceptors (Lipinski definition) is 2. The van der Waals surface area contributed by atoms with E-state index in [2.05, 4.69) is 10.1 Å². The first kappa shape index (κ1) is 12.7. The molecule has 0 fully saturated rings. The van der Waals surface area contributed by atoms with E-state index in [0.29, 0.717) is 16.7 Å². The van der Waals surface area contributed by atoms with Crippen molar-refractivity contribution < 1.29 is 13.2 Å². The van der Waals surface area contributed by atoms with Gasteiger partial charge in [-0.3, -0.25) is 0 Å². The summed E-state index contributed by atoms with van der Waals surface area (Å²) in [6.45, 7) is 1.74. The SMILES string of the molecule is Cc1nn(Cc2cccc(F)c2F)c2ncc(F)cc12. The summed E-state index contributed by atoms with van der Waals surface area (Å²) in [5.41, 5.74) is 1.19. The third-order valence-corrected chi connectivity index (χ3v) is 3.09. The van der Waals surface area contributed by atoms with Gasteiger partial charge in [0.1, 0.15) is 5.82 Å². The zero-order chi connectivity index (χ0) is 14.3. The van der Waals surface area contributed by atoms with Gasteiger partial charge in [-0.05, 0) is 19.1 Å². The molecule has 3 aromatic rings. The number of benzene rings is 1. The zero-order valence-electron chi connectivity index (χ0n) is 10.6. The Morgan fingerprint density at radius 2 is 2.00 bits per heavy atom. The molecule has 20 heavy (non-hydrogen) atoms. The third-order valence-electron chi connectivity index (χ3n) is 3.09. The number of rotatable bonds is 2. The average Bonchev–Trinajstić information content (AvgIpc) is 2.71. The minimum Gasteiger partial charge on any atom is -0.242 e. The summed E-state index contributed by atoms with van der Waals surface area (Å²) in [7, 11) is 0.